The fourth-order valence-electron chi connectivity index (χ4n) is 3.76. The van der Waals surface area contributed by atoms with E-state index in [1.807, 2.05) is 0 Å². The number of aryl methyl sites for hydroxylation is 2. The van der Waals surface area contributed by atoms with Crippen molar-refractivity contribution in [1.82, 2.24) is 4.98 Å². The number of hydrogen-bond acceptors (Lipinski definition) is 2. The number of fused-ring (bicyclic) bond motifs is 4. The third-order valence-corrected chi connectivity index (χ3v) is 4.87. The van der Waals surface area contributed by atoms with Crippen molar-refractivity contribution in [3.05, 3.63) is 76.9 Å². The highest BCUT2D eigenvalue weighted by atomic mass is 16.3. The first-order chi connectivity index (χ1) is 11.7. The maximum Gasteiger partial charge on any atom is 0.227 e. The minimum Gasteiger partial charge on any atom is -0.436 e. The molecule has 0 aliphatic heterocycles. The molecule has 0 radical (unpaired) electrons. The smallest absolute Gasteiger partial charge is 0.227 e. The average Bonchev–Trinajstić information content (AvgIpc) is 3.15. The minimum absolute atomic E-state index is 0.700. The second kappa shape index (κ2) is 4.81. The van der Waals surface area contributed by atoms with E-state index in [0.717, 1.165) is 28.6 Å². The van der Waals surface area contributed by atoms with Gasteiger partial charge in [-0.25, -0.2) is 4.98 Å². The topological polar surface area (TPSA) is 26.0 Å². The lowest BCUT2D eigenvalue weighted by Gasteiger charge is -2.03. The highest BCUT2D eigenvalue weighted by Gasteiger charge is 2.19. The van der Waals surface area contributed by atoms with Crippen LogP contribution in [-0.2, 0) is 6.42 Å². The van der Waals surface area contributed by atoms with Crippen LogP contribution in [0.25, 0.3) is 33.7 Å². The molecule has 5 rings (SSSR count). The molecule has 2 heteroatoms. The normalized spacial score (nSPS) is 12.4. The summed E-state index contributed by atoms with van der Waals surface area (Å²) in [5.74, 6) is 0.700. The lowest BCUT2D eigenvalue weighted by atomic mass is 10.0. The Kier molecular flexibility index (Phi) is 2.72. The van der Waals surface area contributed by atoms with E-state index in [9.17, 15) is 0 Å². The second-order valence-corrected chi connectivity index (χ2v) is 6.65. The predicted molar refractivity (Wildman–Crippen MR) is 97.2 cm³/mol. The van der Waals surface area contributed by atoms with Gasteiger partial charge in [-0.15, -0.1) is 0 Å². The molecule has 0 bridgehead atoms. The first-order valence-corrected chi connectivity index (χ1v) is 8.28. The first-order valence-electron chi connectivity index (χ1n) is 8.28. The van der Waals surface area contributed by atoms with E-state index < -0.39 is 0 Å². The Morgan fingerprint density at radius 1 is 0.875 bits per heavy atom. The van der Waals surface area contributed by atoms with Crippen molar-refractivity contribution in [2.24, 2.45) is 0 Å². The lowest BCUT2D eigenvalue weighted by molar-refractivity contribution is 0.617. The summed E-state index contributed by atoms with van der Waals surface area (Å²) in [5, 5.41) is 0. The molecule has 0 N–H and O–H groups in total. The van der Waals surface area contributed by atoms with E-state index in [4.69, 9.17) is 9.40 Å². The Morgan fingerprint density at radius 2 is 1.71 bits per heavy atom. The molecular formula is C22H17NO. The summed E-state index contributed by atoms with van der Waals surface area (Å²) in [4.78, 5) is 4.72. The van der Waals surface area contributed by atoms with Gasteiger partial charge in [-0.05, 0) is 71.8 Å². The van der Waals surface area contributed by atoms with Gasteiger partial charge in [0.05, 0.1) is 0 Å². The van der Waals surface area contributed by atoms with E-state index in [2.05, 4.69) is 68.4 Å². The summed E-state index contributed by atoms with van der Waals surface area (Å²) in [6.45, 7) is 4.16. The molecule has 0 spiro atoms. The van der Waals surface area contributed by atoms with Crippen LogP contribution >= 0.6 is 0 Å². The maximum absolute atomic E-state index is 6.08. The highest BCUT2D eigenvalue weighted by Crippen LogP contribution is 2.39. The number of nitrogens with zero attached hydrogens (tertiary/aromatic N) is 1. The highest BCUT2D eigenvalue weighted by molar-refractivity contribution is 5.83. The molecule has 24 heavy (non-hydrogen) atoms. The van der Waals surface area contributed by atoms with Crippen LogP contribution in [0.15, 0.2) is 59.0 Å². The maximum atomic E-state index is 6.08. The molecule has 0 atom stereocenters. The molecule has 0 saturated heterocycles. The third-order valence-electron chi connectivity index (χ3n) is 4.87. The van der Waals surface area contributed by atoms with Gasteiger partial charge in [-0.1, -0.05) is 36.4 Å². The predicted octanol–water partition coefficient (Wildman–Crippen LogP) is 5.68. The van der Waals surface area contributed by atoms with Gasteiger partial charge in [0.25, 0.3) is 0 Å². The van der Waals surface area contributed by atoms with Crippen molar-refractivity contribution < 1.29 is 4.42 Å². The molecule has 0 amide bonds. The van der Waals surface area contributed by atoms with Crippen LogP contribution in [0.4, 0.5) is 0 Å². The Hall–Kier alpha value is -2.87. The van der Waals surface area contributed by atoms with Gasteiger partial charge in [-0.2, -0.15) is 0 Å². The van der Waals surface area contributed by atoms with E-state index in [-0.39, 0.29) is 0 Å². The van der Waals surface area contributed by atoms with Gasteiger partial charge in [0.15, 0.2) is 5.58 Å². The molecule has 0 saturated carbocycles. The summed E-state index contributed by atoms with van der Waals surface area (Å²) >= 11 is 0. The summed E-state index contributed by atoms with van der Waals surface area (Å²) < 4.78 is 6.08. The Balaban J connectivity index is 1.68. The lowest BCUT2D eigenvalue weighted by Crippen LogP contribution is -1.83. The van der Waals surface area contributed by atoms with E-state index in [1.54, 1.807) is 0 Å². The van der Waals surface area contributed by atoms with Gasteiger partial charge in [0.1, 0.15) is 5.52 Å². The molecule has 2 nitrogen and oxygen atoms in total. The molecule has 116 valence electrons. The summed E-state index contributed by atoms with van der Waals surface area (Å²) in [5.41, 5.74) is 10.6. The molecule has 4 aromatic rings. The number of hydrogen-bond donors (Lipinski definition) is 0. The van der Waals surface area contributed by atoms with Gasteiger partial charge in [0.2, 0.25) is 5.89 Å². The summed E-state index contributed by atoms with van der Waals surface area (Å²) in [6.07, 6.45) is 1.01. The van der Waals surface area contributed by atoms with Crippen LogP contribution in [0, 0.1) is 13.8 Å². The number of oxazole rings is 1. The average molecular weight is 311 g/mol. The molecule has 1 heterocycles. The van der Waals surface area contributed by atoms with Crippen molar-refractivity contribution in [1.29, 1.82) is 0 Å². The standard InChI is InChI=1S/C22H17NO/c1-13-9-14(2)21-20(10-13)23-22(24-21)17-8-7-16-11-15-5-3-4-6-18(15)19(16)12-17/h3-10,12H,11H2,1-2H3. The van der Waals surface area contributed by atoms with Crippen molar-refractivity contribution in [2.45, 2.75) is 20.3 Å². The minimum atomic E-state index is 0.700. The van der Waals surface area contributed by atoms with Crippen molar-refractivity contribution in [3.63, 3.8) is 0 Å². The van der Waals surface area contributed by atoms with Crippen molar-refractivity contribution >= 4 is 11.1 Å². The van der Waals surface area contributed by atoms with Gasteiger partial charge in [0, 0.05) is 5.56 Å². The van der Waals surface area contributed by atoms with Crippen molar-refractivity contribution in [3.8, 4) is 22.6 Å². The molecule has 1 aromatic heterocycles. The molecule has 1 aliphatic carbocycles. The van der Waals surface area contributed by atoms with Gasteiger partial charge in [-0.3, -0.25) is 0 Å². The number of rotatable bonds is 1. The zero-order valence-electron chi connectivity index (χ0n) is 13.8. The van der Waals surface area contributed by atoms with Crippen LogP contribution < -0.4 is 0 Å². The third kappa shape index (κ3) is 1.93. The Bertz CT molecular complexity index is 1100. The monoisotopic (exact) mass is 311 g/mol. The SMILES string of the molecule is Cc1cc(C)c2oc(-c3ccc4c(c3)-c3ccccc3C4)nc2c1. The molecule has 0 unspecified atom stereocenters. The van der Waals surface area contributed by atoms with Crippen LogP contribution in [-0.4, -0.2) is 4.98 Å². The fraction of sp³-hybridized carbons (Fsp3) is 0.136. The quantitative estimate of drug-likeness (QED) is 0.398. The Labute approximate surface area is 140 Å². The second-order valence-electron chi connectivity index (χ2n) is 6.65. The molecule has 3 aromatic carbocycles. The van der Waals surface area contributed by atoms with Crippen LogP contribution in [0.2, 0.25) is 0 Å². The molecule has 1 aliphatic rings. The fourth-order valence-corrected chi connectivity index (χ4v) is 3.76. The van der Waals surface area contributed by atoms with Gasteiger partial charge < -0.3 is 4.42 Å². The van der Waals surface area contributed by atoms with Crippen LogP contribution in [0.1, 0.15) is 22.3 Å². The van der Waals surface area contributed by atoms with E-state index in [1.165, 1.54) is 27.8 Å². The Morgan fingerprint density at radius 3 is 2.62 bits per heavy atom. The molecule has 0 fully saturated rings. The van der Waals surface area contributed by atoms with E-state index in [0.29, 0.717) is 5.89 Å². The number of aromatic nitrogens is 1. The summed E-state index contributed by atoms with van der Waals surface area (Å²) in [6, 6.07) is 19.4. The van der Waals surface area contributed by atoms with Crippen molar-refractivity contribution in [2.75, 3.05) is 0 Å². The van der Waals surface area contributed by atoms with Crippen LogP contribution in [0.5, 0.6) is 0 Å². The van der Waals surface area contributed by atoms with E-state index >= 15 is 0 Å². The summed E-state index contributed by atoms with van der Waals surface area (Å²) in [7, 11) is 0. The van der Waals surface area contributed by atoms with Gasteiger partial charge >= 0.3 is 0 Å². The van der Waals surface area contributed by atoms with Crippen LogP contribution in [0.3, 0.4) is 0 Å². The number of benzene rings is 3. The zero-order chi connectivity index (χ0) is 16.3. The molecular weight excluding hydrogens is 294 g/mol. The largest absolute Gasteiger partial charge is 0.436 e. The first kappa shape index (κ1) is 13.6. The zero-order valence-corrected chi connectivity index (χ0v) is 13.8.